The summed E-state index contributed by atoms with van der Waals surface area (Å²) in [4.78, 5) is 0. The summed E-state index contributed by atoms with van der Waals surface area (Å²) in [6.07, 6.45) is 4.69. The molecular formula is C28H32Cl2N2. The van der Waals surface area contributed by atoms with Crippen molar-refractivity contribution >= 4 is 28.9 Å². The van der Waals surface area contributed by atoms with Gasteiger partial charge in [0, 0.05) is 27.5 Å². The molecule has 3 aromatic rings. The second kappa shape index (κ2) is 11.4. The number of rotatable bonds is 6. The molecule has 4 heteroatoms. The van der Waals surface area contributed by atoms with E-state index in [1.807, 2.05) is 49.4 Å². The summed E-state index contributed by atoms with van der Waals surface area (Å²) < 4.78 is 0. The Hall–Kier alpha value is -2.42. The Labute approximate surface area is 202 Å². The van der Waals surface area contributed by atoms with E-state index in [4.69, 9.17) is 23.2 Å². The Morgan fingerprint density at radius 2 is 1.38 bits per heavy atom. The molecule has 1 atom stereocenters. The Morgan fingerprint density at radius 1 is 0.844 bits per heavy atom. The van der Waals surface area contributed by atoms with Crippen LogP contribution in [-0.2, 0) is 0 Å². The van der Waals surface area contributed by atoms with Crippen LogP contribution in [0, 0.1) is 6.92 Å². The van der Waals surface area contributed by atoms with Gasteiger partial charge in [-0.05, 0) is 68.7 Å². The van der Waals surface area contributed by atoms with E-state index in [-0.39, 0.29) is 11.6 Å². The molecule has 168 valence electrons. The van der Waals surface area contributed by atoms with Crippen molar-refractivity contribution in [2.45, 2.75) is 51.1 Å². The Balaban J connectivity index is 0.000000305. The predicted molar refractivity (Wildman–Crippen MR) is 140 cm³/mol. The second-order valence-electron chi connectivity index (χ2n) is 8.47. The lowest BCUT2D eigenvalue weighted by Crippen LogP contribution is -2.43. The Morgan fingerprint density at radius 3 is 1.91 bits per heavy atom. The minimum Gasteiger partial charge on any atom is -0.380 e. The molecule has 1 aliphatic carbocycles. The van der Waals surface area contributed by atoms with Crippen LogP contribution in [-0.4, -0.2) is 5.54 Å². The number of hydrogen-bond acceptors (Lipinski definition) is 2. The number of para-hydroxylation sites is 1. The van der Waals surface area contributed by atoms with Crippen molar-refractivity contribution in [1.82, 2.24) is 5.32 Å². The highest BCUT2D eigenvalue weighted by Gasteiger charge is 2.37. The van der Waals surface area contributed by atoms with Crippen LogP contribution >= 0.6 is 23.2 Å². The molecule has 2 nitrogen and oxygen atoms in total. The fraction of sp³-hybridized carbons (Fsp3) is 0.286. The number of halogens is 2. The van der Waals surface area contributed by atoms with Gasteiger partial charge < -0.3 is 10.6 Å². The van der Waals surface area contributed by atoms with E-state index in [9.17, 15) is 0 Å². The topological polar surface area (TPSA) is 24.1 Å². The molecule has 1 fully saturated rings. The lowest BCUT2D eigenvalue weighted by atomic mass is 9.92. The van der Waals surface area contributed by atoms with Crippen LogP contribution in [0.5, 0.6) is 0 Å². The lowest BCUT2D eigenvalue weighted by Gasteiger charge is -2.36. The van der Waals surface area contributed by atoms with E-state index in [1.165, 1.54) is 24.0 Å². The van der Waals surface area contributed by atoms with Crippen molar-refractivity contribution in [3.05, 3.63) is 112 Å². The zero-order chi connectivity index (χ0) is 23.0. The largest absolute Gasteiger partial charge is 0.380 e. The monoisotopic (exact) mass is 466 g/mol. The van der Waals surface area contributed by atoms with Crippen molar-refractivity contribution in [2.75, 3.05) is 5.32 Å². The quantitative estimate of drug-likeness (QED) is 0.379. The maximum absolute atomic E-state index is 5.99. The van der Waals surface area contributed by atoms with E-state index in [1.54, 1.807) is 0 Å². The van der Waals surface area contributed by atoms with Crippen LogP contribution in [0.4, 0.5) is 5.69 Å². The van der Waals surface area contributed by atoms with Crippen molar-refractivity contribution in [1.29, 1.82) is 0 Å². The van der Waals surface area contributed by atoms with E-state index in [0.29, 0.717) is 0 Å². The fourth-order valence-electron chi connectivity index (χ4n) is 4.05. The van der Waals surface area contributed by atoms with Crippen molar-refractivity contribution in [3.63, 3.8) is 0 Å². The molecular weight excluding hydrogens is 435 g/mol. The summed E-state index contributed by atoms with van der Waals surface area (Å²) in [6.45, 7) is 8.59. The number of hydrogen-bond donors (Lipinski definition) is 2. The maximum Gasteiger partial charge on any atom is 0.0764 e. The van der Waals surface area contributed by atoms with Gasteiger partial charge in [0.25, 0.3) is 0 Å². The van der Waals surface area contributed by atoms with Crippen LogP contribution in [0.2, 0.25) is 10.0 Å². The third kappa shape index (κ3) is 6.79. The van der Waals surface area contributed by atoms with Gasteiger partial charge in [-0.1, -0.05) is 90.7 Å². The van der Waals surface area contributed by atoms with E-state index < -0.39 is 0 Å². The molecule has 0 aromatic heterocycles. The van der Waals surface area contributed by atoms with Gasteiger partial charge in [0.2, 0.25) is 0 Å². The van der Waals surface area contributed by atoms with E-state index >= 15 is 0 Å². The molecule has 32 heavy (non-hydrogen) atoms. The lowest BCUT2D eigenvalue weighted by molar-refractivity contribution is 0.490. The minimum absolute atomic E-state index is 0.0674. The molecule has 0 spiro atoms. The highest BCUT2D eigenvalue weighted by Crippen LogP contribution is 2.38. The fourth-order valence-corrected chi connectivity index (χ4v) is 4.30. The standard InChI is InChI=1S/C21H25ClN2.C7H7Cl/c1-16(18-10-12-19(22)13-11-18)23-17(2)21(14-6-7-15-21)24-20-8-4-3-5-9-20;1-6-2-4-7(8)5-3-6/h3-5,8-13,16,23-24H,2,6-7,14-15H2,1H3;2-5H,1H3. The van der Waals surface area contributed by atoms with Crippen molar-refractivity contribution < 1.29 is 0 Å². The number of aryl methyl sites for hydroxylation is 1. The molecule has 1 unspecified atom stereocenters. The Bertz CT molecular complexity index is 955. The number of anilines is 1. The van der Waals surface area contributed by atoms with E-state index in [2.05, 4.69) is 60.5 Å². The summed E-state index contributed by atoms with van der Waals surface area (Å²) in [6, 6.07) is 26.4. The summed E-state index contributed by atoms with van der Waals surface area (Å²) in [5, 5.41) is 8.92. The molecule has 0 aliphatic heterocycles. The molecule has 1 aliphatic rings. The number of benzene rings is 3. The van der Waals surface area contributed by atoms with Crippen molar-refractivity contribution in [3.8, 4) is 0 Å². The average molecular weight is 467 g/mol. The van der Waals surface area contributed by atoms with Gasteiger partial charge in [0.05, 0.1) is 5.54 Å². The average Bonchev–Trinajstić information content (AvgIpc) is 3.27. The van der Waals surface area contributed by atoms with Crippen LogP contribution in [0.3, 0.4) is 0 Å². The van der Waals surface area contributed by atoms with Gasteiger partial charge in [-0.25, -0.2) is 0 Å². The molecule has 0 bridgehead atoms. The molecule has 3 aromatic carbocycles. The first-order valence-electron chi connectivity index (χ1n) is 11.1. The summed E-state index contributed by atoms with van der Waals surface area (Å²) >= 11 is 11.6. The first-order chi connectivity index (χ1) is 15.4. The number of nitrogens with one attached hydrogen (secondary N) is 2. The predicted octanol–water partition coefficient (Wildman–Crippen LogP) is 8.58. The minimum atomic E-state index is -0.0674. The first kappa shape index (κ1) is 24.2. The molecule has 0 saturated heterocycles. The third-order valence-corrected chi connectivity index (χ3v) is 6.47. The van der Waals surface area contributed by atoms with Gasteiger partial charge in [-0.3, -0.25) is 0 Å². The normalized spacial score (nSPS) is 15.2. The summed E-state index contributed by atoms with van der Waals surface area (Å²) in [5.41, 5.74) is 4.62. The molecule has 0 amide bonds. The molecule has 2 N–H and O–H groups in total. The van der Waals surface area contributed by atoms with Crippen molar-refractivity contribution in [2.24, 2.45) is 0 Å². The molecule has 1 saturated carbocycles. The van der Waals surface area contributed by atoms with Gasteiger partial charge in [0.15, 0.2) is 0 Å². The Kier molecular flexibility index (Phi) is 8.67. The molecule has 4 rings (SSSR count). The third-order valence-electron chi connectivity index (χ3n) is 5.96. The van der Waals surface area contributed by atoms with Crippen LogP contribution in [0.1, 0.15) is 49.8 Å². The first-order valence-corrected chi connectivity index (χ1v) is 11.9. The highest BCUT2D eigenvalue weighted by atomic mass is 35.5. The van der Waals surface area contributed by atoms with Gasteiger partial charge in [0.1, 0.15) is 0 Å². The maximum atomic E-state index is 5.99. The smallest absolute Gasteiger partial charge is 0.0764 e. The molecule has 0 radical (unpaired) electrons. The van der Waals surface area contributed by atoms with Gasteiger partial charge >= 0.3 is 0 Å². The summed E-state index contributed by atoms with van der Waals surface area (Å²) in [7, 11) is 0. The van der Waals surface area contributed by atoms with Crippen LogP contribution in [0.15, 0.2) is 91.1 Å². The van der Waals surface area contributed by atoms with E-state index in [0.717, 1.165) is 34.3 Å². The molecule has 0 heterocycles. The van der Waals surface area contributed by atoms with Crippen LogP contribution < -0.4 is 10.6 Å². The zero-order valence-corrected chi connectivity index (χ0v) is 20.4. The highest BCUT2D eigenvalue weighted by molar-refractivity contribution is 6.30. The van der Waals surface area contributed by atoms with Gasteiger partial charge in [-0.15, -0.1) is 0 Å². The second-order valence-corrected chi connectivity index (χ2v) is 9.34. The summed E-state index contributed by atoms with van der Waals surface area (Å²) in [5.74, 6) is 0. The van der Waals surface area contributed by atoms with Crippen LogP contribution in [0.25, 0.3) is 0 Å². The SMILES string of the molecule is C=C(NC(C)c1ccc(Cl)cc1)C1(Nc2ccccc2)CCCC1.Cc1ccc(Cl)cc1. The van der Waals surface area contributed by atoms with Gasteiger partial charge in [-0.2, -0.15) is 0 Å². The zero-order valence-electron chi connectivity index (χ0n) is 18.9.